The van der Waals surface area contributed by atoms with E-state index in [1.54, 1.807) is 6.20 Å². The third-order valence-corrected chi connectivity index (χ3v) is 3.89. The molecule has 4 heteroatoms. The van der Waals surface area contributed by atoms with Crippen molar-refractivity contribution in [2.24, 2.45) is 11.3 Å². The smallest absolute Gasteiger partial charge is 0.150 e. The highest BCUT2D eigenvalue weighted by molar-refractivity contribution is 5.01. The summed E-state index contributed by atoms with van der Waals surface area (Å²) < 4.78 is 5.10. The van der Waals surface area contributed by atoms with Gasteiger partial charge in [-0.3, -0.25) is 0 Å². The standard InChI is InChI=1S/C14H24N2O2/c1-11-6-13(2,3)9-14(7-11,10-17)15-8-12-4-5-16-18-12/h4-5,11,15,17H,6-10H2,1-3H3/t11-,14-/m0/s1. The van der Waals surface area contributed by atoms with Crippen LogP contribution in [0.15, 0.2) is 16.8 Å². The molecule has 0 saturated heterocycles. The van der Waals surface area contributed by atoms with Gasteiger partial charge in [-0.05, 0) is 30.6 Å². The molecule has 2 atom stereocenters. The van der Waals surface area contributed by atoms with Crippen LogP contribution in [0.25, 0.3) is 0 Å². The second-order valence-corrected chi connectivity index (χ2v) is 6.63. The van der Waals surface area contributed by atoms with Gasteiger partial charge in [-0.1, -0.05) is 25.9 Å². The van der Waals surface area contributed by atoms with Crippen molar-refractivity contribution in [1.82, 2.24) is 10.5 Å². The van der Waals surface area contributed by atoms with Crippen LogP contribution in [0.2, 0.25) is 0 Å². The van der Waals surface area contributed by atoms with Gasteiger partial charge in [0.2, 0.25) is 0 Å². The second-order valence-electron chi connectivity index (χ2n) is 6.63. The highest BCUT2D eigenvalue weighted by Gasteiger charge is 2.42. The molecular weight excluding hydrogens is 228 g/mol. The molecule has 0 radical (unpaired) electrons. The van der Waals surface area contributed by atoms with Crippen molar-refractivity contribution >= 4 is 0 Å². The van der Waals surface area contributed by atoms with Crippen LogP contribution in [-0.4, -0.2) is 22.4 Å². The molecule has 102 valence electrons. The summed E-state index contributed by atoms with van der Waals surface area (Å²) in [6, 6.07) is 1.86. The normalized spacial score (nSPS) is 31.4. The van der Waals surface area contributed by atoms with Gasteiger partial charge >= 0.3 is 0 Å². The highest BCUT2D eigenvalue weighted by atomic mass is 16.5. The van der Waals surface area contributed by atoms with Crippen LogP contribution in [0.4, 0.5) is 0 Å². The summed E-state index contributed by atoms with van der Waals surface area (Å²) in [5.41, 5.74) is 0.0861. The van der Waals surface area contributed by atoms with Crippen molar-refractivity contribution < 1.29 is 9.63 Å². The third kappa shape index (κ3) is 3.12. The average Bonchev–Trinajstić information content (AvgIpc) is 2.76. The Kier molecular flexibility index (Phi) is 3.78. The molecule has 0 amide bonds. The number of hydrogen-bond acceptors (Lipinski definition) is 4. The molecule has 1 fully saturated rings. The molecule has 1 saturated carbocycles. The Morgan fingerprint density at radius 1 is 1.50 bits per heavy atom. The molecule has 1 heterocycles. The molecule has 4 nitrogen and oxygen atoms in total. The maximum Gasteiger partial charge on any atom is 0.150 e. The predicted molar refractivity (Wildman–Crippen MR) is 70.0 cm³/mol. The summed E-state index contributed by atoms with van der Waals surface area (Å²) in [6.07, 6.45) is 4.88. The van der Waals surface area contributed by atoms with Crippen LogP contribution >= 0.6 is 0 Å². The van der Waals surface area contributed by atoms with E-state index in [1.807, 2.05) is 6.07 Å². The first-order valence-electron chi connectivity index (χ1n) is 6.70. The van der Waals surface area contributed by atoms with Gasteiger partial charge in [0.25, 0.3) is 0 Å². The predicted octanol–water partition coefficient (Wildman–Crippen LogP) is 2.34. The van der Waals surface area contributed by atoms with Crippen LogP contribution in [-0.2, 0) is 6.54 Å². The Morgan fingerprint density at radius 3 is 2.83 bits per heavy atom. The molecule has 0 unspecified atom stereocenters. The monoisotopic (exact) mass is 252 g/mol. The first-order valence-corrected chi connectivity index (χ1v) is 6.70. The molecule has 1 aromatic rings. The minimum absolute atomic E-state index is 0.176. The fraction of sp³-hybridized carbons (Fsp3) is 0.786. The largest absolute Gasteiger partial charge is 0.394 e. The van der Waals surface area contributed by atoms with Gasteiger partial charge in [-0.2, -0.15) is 0 Å². The molecule has 1 aliphatic rings. The Labute approximate surface area is 109 Å². The fourth-order valence-electron chi connectivity index (χ4n) is 3.66. The van der Waals surface area contributed by atoms with Crippen molar-refractivity contribution in [2.45, 2.75) is 52.1 Å². The lowest BCUT2D eigenvalue weighted by Crippen LogP contribution is -2.54. The summed E-state index contributed by atoms with van der Waals surface area (Å²) in [7, 11) is 0. The van der Waals surface area contributed by atoms with E-state index < -0.39 is 0 Å². The minimum atomic E-state index is -0.187. The lowest BCUT2D eigenvalue weighted by atomic mass is 9.64. The molecule has 0 aliphatic heterocycles. The minimum Gasteiger partial charge on any atom is -0.394 e. The molecular formula is C14H24N2O2. The van der Waals surface area contributed by atoms with E-state index in [0.29, 0.717) is 12.5 Å². The van der Waals surface area contributed by atoms with Crippen LogP contribution in [0, 0.1) is 11.3 Å². The number of nitrogens with one attached hydrogen (secondary N) is 1. The van der Waals surface area contributed by atoms with E-state index in [2.05, 4.69) is 31.2 Å². The maximum atomic E-state index is 9.81. The van der Waals surface area contributed by atoms with E-state index in [9.17, 15) is 5.11 Å². The lowest BCUT2D eigenvalue weighted by molar-refractivity contribution is 0.0338. The molecule has 2 N–H and O–H groups in total. The zero-order valence-corrected chi connectivity index (χ0v) is 11.6. The average molecular weight is 252 g/mol. The molecule has 0 aromatic carbocycles. The third-order valence-electron chi connectivity index (χ3n) is 3.89. The van der Waals surface area contributed by atoms with Crippen LogP contribution < -0.4 is 5.32 Å². The first kappa shape index (κ1) is 13.6. The van der Waals surface area contributed by atoms with E-state index in [1.165, 1.54) is 6.42 Å². The van der Waals surface area contributed by atoms with Gasteiger partial charge in [0, 0.05) is 11.6 Å². The Balaban J connectivity index is 2.05. The summed E-state index contributed by atoms with van der Waals surface area (Å²) in [6.45, 7) is 7.63. The molecule has 18 heavy (non-hydrogen) atoms. The van der Waals surface area contributed by atoms with E-state index in [-0.39, 0.29) is 17.6 Å². The van der Waals surface area contributed by atoms with Gasteiger partial charge in [0.1, 0.15) is 5.76 Å². The molecule has 2 rings (SSSR count). The Bertz CT molecular complexity index is 375. The van der Waals surface area contributed by atoms with E-state index in [4.69, 9.17) is 4.52 Å². The van der Waals surface area contributed by atoms with Crippen molar-refractivity contribution in [3.8, 4) is 0 Å². The topological polar surface area (TPSA) is 58.3 Å². The van der Waals surface area contributed by atoms with Gasteiger partial charge in [0.05, 0.1) is 19.3 Å². The zero-order chi connectivity index (χ0) is 13.2. The zero-order valence-electron chi connectivity index (χ0n) is 11.6. The molecule has 0 spiro atoms. The number of hydrogen-bond donors (Lipinski definition) is 2. The summed E-state index contributed by atoms with van der Waals surface area (Å²) >= 11 is 0. The Morgan fingerprint density at radius 2 is 2.28 bits per heavy atom. The second kappa shape index (κ2) is 5.02. The first-order chi connectivity index (χ1) is 8.45. The van der Waals surface area contributed by atoms with Crippen LogP contribution in [0.3, 0.4) is 0 Å². The fourth-order valence-corrected chi connectivity index (χ4v) is 3.66. The number of aliphatic hydroxyl groups excluding tert-OH is 1. The SMILES string of the molecule is C[C@H]1CC(C)(C)C[C@@](CO)(NCc2ccno2)C1. The van der Waals surface area contributed by atoms with Crippen molar-refractivity contribution in [3.05, 3.63) is 18.0 Å². The quantitative estimate of drug-likeness (QED) is 0.863. The van der Waals surface area contributed by atoms with Gasteiger partial charge < -0.3 is 14.9 Å². The number of rotatable bonds is 4. The Hall–Kier alpha value is -0.870. The lowest BCUT2D eigenvalue weighted by Gasteiger charge is -2.47. The molecule has 1 aromatic heterocycles. The van der Waals surface area contributed by atoms with Crippen LogP contribution in [0.5, 0.6) is 0 Å². The van der Waals surface area contributed by atoms with E-state index in [0.717, 1.165) is 18.6 Å². The molecule has 0 bridgehead atoms. The summed E-state index contributed by atoms with van der Waals surface area (Å²) in [5, 5.41) is 17.0. The van der Waals surface area contributed by atoms with Gasteiger partial charge in [-0.15, -0.1) is 0 Å². The molecule has 1 aliphatic carbocycles. The maximum absolute atomic E-state index is 9.81. The van der Waals surface area contributed by atoms with Crippen LogP contribution in [0.1, 0.15) is 45.8 Å². The highest BCUT2D eigenvalue weighted by Crippen LogP contribution is 2.43. The van der Waals surface area contributed by atoms with Crippen molar-refractivity contribution in [1.29, 1.82) is 0 Å². The van der Waals surface area contributed by atoms with Crippen molar-refractivity contribution in [3.63, 3.8) is 0 Å². The van der Waals surface area contributed by atoms with E-state index >= 15 is 0 Å². The van der Waals surface area contributed by atoms with Crippen molar-refractivity contribution in [2.75, 3.05) is 6.61 Å². The number of nitrogens with zero attached hydrogens (tertiary/aromatic N) is 1. The number of aliphatic hydroxyl groups is 1. The van der Waals surface area contributed by atoms with Gasteiger partial charge in [0.15, 0.2) is 0 Å². The van der Waals surface area contributed by atoms with Gasteiger partial charge in [-0.25, -0.2) is 0 Å². The summed E-state index contributed by atoms with van der Waals surface area (Å²) in [4.78, 5) is 0. The summed E-state index contributed by atoms with van der Waals surface area (Å²) in [5.74, 6) is 1.45. The number of aromatic nitrogens is 1.